The van der Waals surface area contributed by atoms with Crippen LogP contribution >= 0.6 is 0 Å². The molecule has 0 amide bonds. The van der Waals surface area contributed by atoms with E-state index in [0.717, 1.165) is 0 Å². The summed E-state index contributed by atoms with van der Waals surface area (Å²) in [6, 6.07) is 0. The van der Waals surface area contributed by atoms with Gasteiger partial charge in [-0.2, -0.15) is 0 Å². The molecule has 0 fully saturated rings. The standard InChI is InChI=1S/C3H8O.Cs/c1-3(2)4;/h3-4H,1-2H3;. The molecule has 27 valence electrons. The van der Waals surface area contributed by atoms with Gasteiger partial charge in [-0.1, -0.05) is 0 Å². The van der Waals surface area contributed by atoms with E-state index in [9.17, 15) is 0 Å². The molecule has 0 aliphatic heterocycles. The molecule has 0 rings (SSSR count). The second kappa shape index (κ2) is 6.01. The molecule has 0 spiro atoms. The Hall–Kier alpha value is 2.01. The van der Waals surface area contributed by atoms with Gasteiger partial charge >= 0.3 is 0 Å². The van der Waals surface area contributed by atoms with E-state index in [0.29, 0.717) is 0 Å². The second-order valence-electron chi connectivity index (χ2n) is 1.09. The Morgan fingerprint density at radius 3 is 1.40 bits per heavy atom. The summed E-state index contributed by atoms with van der Waals surface area (Å²) in [5.41, 5.74) is 0. The fourth-order valence-corrected chi connectivity index (χ4v) is 0. The molecule has 0 aromatic rings. The van der Waals surface area contributed by atoms with Crippen molar-refractivity contribution >= 4 is 68.9 Å². The summed E-state index contributed by atoms with van der Waals surface area (Å²) in [6.45, 7) is 3.44. The molecule has 5 heavy (non-hydrogen) atoms. The molecule has 2 heteroatoms. The molecule has 0 heterocycles. The zero-order chi connectivity index (χ0) is 3.58. The van der Waals surface area contributed by atoms with Crippen LogP contribution in [0.25, 0.3) is 0 Å². The summed E-state index contributed by atoms with van der Waals surface area (Å²) >= 11 is 0. The van der Waals surface area contributed by atoms with E-state index in [1.165, 1.54) is 0 Å². The van der Waals surface area contributed by atoms with Gasteiger partial charge in [0.15, 0.2) is 0 Å². The van der Waals surface area contributed by atoms with Crippen LogP contribution in [0.3, 0.4) is 0 Å². The topological polar surface area (TPSA) is 20.2 Å². The molecule has 0 bridgehead atoms. The van der Waals surface area contributed by atoms with Gasteiger partial charge in [-0.25, -0.2) is 0 Å². The molecule has 0 aromatic heterocycles. The van der Waals surface area contributed by atoms with Crippen molar-refractivity contribution in [3.8, 4) is 0 Å². The van der Waals surface area contributed by atoms with Crippen LogP contribution in [0.4, 0.5) is 0 Å². The van der Waals surface area contributed by atoms with Crippen LogP contribution in [0.2, 0.25) is 0 Å². The zero-order valence-corrected chi connectivity index (χ0v) is 10.3. The third-order valence-electron chi connectivity index (χ3n) is 0. The van der Waals surface area contributed by atoms with Gasteiger partial charge in [0.1, 0.15) is 0 Å². The molecule has 1 nitrogen and oxygen atoms in total. The molecule has 0 atom stereocenters. The van der Waals surface area contributed by atoms with Crippen molar-refractivity contribution in [1.82, 2.24) is 0 Å². The predicted octanol–water partition coefficient (Wildman–Crippen LogP) is 0.00630. The summed E-state index contributed by atoms with van der Waals surface area (Å²) in [5, 5.41) is 8.06. The van der Waals surface area contributed by atoms with Crippen LogP contribution in [0.1, 0.15) is 13.8 Å². The zero-order valence-electron chi connectivity index (χ0n) is 4.02. The van der Waals surface area contributed by atoms with E-state index in [4.69, 9.17) is 5.11 Å². The van der Waals surface area contributed by atoms with E-state index in [1.807, 2.05) is 0 Å². The van der Waals surface area contributed by atoms with Gasteiger partial charge in [-0.05, 0) is 13.8 Å². The molecule has 0 aromatic carbocycles. The number of hydrogen-bond acceptors (Lipinski definition) is 1. The Labute approximate surface area is 91.6 Å². The maximum absolute atomic E-state index is 8.06. The third kappa shape index (κ3) is 23.9. The van der Waals surface area contributed by atoms with Gasteiger partial charge in [-0.15, -0.1) is 0 Å². The smallest absolute Gasteiger partial charge is 0.0483 e. The predicted molar refractivity (Wildman–Crippen MR) is 23.1 cm³/mol. The van der Waals surface area contributed by atoms with Gasteiger partial charge in [-0.3, -0.25) is 0 Å². The van der Waals surface area contributed by atoms with Crippen LogP contribution in [-0.2, 0) is 0 Å². The minimum atomic E-state index is -0.167. The Morgan fingerprint density at radius 2 is 1.40 bits per heavy atom. The quantitative estimate of drug-likeness (QED) is 0.574. The molecule has 0 saturated carbocycles. The molecule has 0 unspecified atom stereocenters. The molecule has 0 aliphatic carbocycles. The van der Waals surface area contributed by atoms with Gasteiger partial charge in [0.05, 0.1) is 0 Å². The van der Waals surface area contributed by atoms with Crippen molar-refractivity contribution in [2.75, 3.05) is 0 Å². The first-order chi connectivity index (χ1) is 1.73. The summed E-state index contributed by atoms with van der Waals surface area (Å²) in [4.78, 5) is 0. The maximum atomic E-state index is 8.06. The van der Waals surface area contributed by atoms with Crippen molar-refractivity contribution < 1.29 is 5.11 Å². The summed E-state index contributed by atoms with van der Waals surface area (Å²) < 4.78 is 0. The Bertz CT molecular complexity index is 11.6. The Kier molecular flexibility index (Phi) is 12.1. The second-order valence-corrected chi connectivity index (χ2v) is 1.09. The minimum Gasteiger partial charge on any atom is -0.394 e. The van der Waals surface area contributed by atoms with E-state index in [-0.39, 0.29) is 75.0 Å². The fourth-order valence-electron chi connectivity index (χ4n) is 0. The summed E-state index contributed by atoms with van der Waals surface area (Å²) in [6.07, 6.45) is -0.167. The van der Waals surface area contributed by atoms with Gasteiger partial charge in [0.25, 0.3) is 0 Å². The average Bonchev–Trinajstić information content (AvgIpc) is 0.811. The number of aliphatic hydroxyl groups is 1. The van der Waals surface area contributed by atoms with Crippen molar-refractivity contribution in [2.24, 2.45) is 0 Å². The maximum Gasteiger partial charge on any atom is 0.0483 e. The van der Waals surface area contributed by atoms with Crippen molar-refractivity contribution in [1.29, 1.82) is 0 Å². The third-order valence-corrected chi connectivity index (χ3v) is 0. The molecular formula is C3H8CsO. The van der Waals surface area contributed by atoms with Gasteiger partial charge < -0.3 is 5.11 Å². The monoisotopic (exact) mass is 193 g/mol. The largest absolute Gasteiger partial charge is 0.394 e. The van der Waals surface area contributed by atoms with E-state index in [1.54, 1.807) is 13.8 Å². The minimum absolute atomic E-state index is 0. The summed E-state index contributed by atoms with van der Waals surface area (Å²) in [7, 11) is 0. The van der Waals surface area contributed by atoms with E-state index < -0.39 is 0 Å². The SMILES string of the molecule is CC(C)O.[Cs]. The number of hydrogen-bond donors (Lipinski definition) is 1. The van der Waals surface area contributed by atoms with E-state index in [2.05, 4.69) is 0 Å². The number of aliphatic hydroxyl groups excluding tert-OH is 1. The molecular weight excluding hydrogens is 185 g/mol. The molecule has 0 saturated heterocycles. The van der Waals surface area contributed by atoms with Gasteiger partial charge in [0.2, 0.25) is 0 Å². The van der Waals surface area contributed by atoms with Crippen molar-refractivity contribution in [2.45, 2.75) is 20.0 Å². The fraction of sp³-hybridized carbons (Fsp3) is 1.00. The van der Waals surface area contributed by atoms with Crippen molar-refractivity contribution in [3.05, 3.63) is 0 Å². The number of rotatable bonds is 0. The Balaban J connectivity index is 0. The summed E-state index contributed by atoms with van der Waals surface area (Å²) in [5.74, 6) is 0. The van der Waals surface area contributed by atoms with Crippen LogP contribution < -0.4 is 0 Å². The molecule has 1 radical (unpaired) electrons. The normalized spacial score (nSPS) is 7.20. The van der Waals surface area contributed by atoms with Crippen molar-refractivity contribution in [3.63, 3.8) is 0 Å². The van der Waals surface area contributed by atoms with E-state index >= 15 is 0 Å². The molecule has 0 aliphatic rings. The first-order valence-corrected chi connectivity index (χ1v) is 1.41. The first-order valence-electron chi connectivity index (χ1n) is 1.41. The van der Waals surface area contributed by atoms with Crippen LogP contribution in [-0.4, -0.2) is 80.1 Å². The Morgan fingerprint density at radius 1 is 1.40 bits per heavy atom. The average molecular weight is 193 g/mol. The van der Waals surface area contributed by atoms with Gasteiger partial charge in [0, 0.05) is 75.0 Å². The van der Waals surface area contributed by atoms with Crippen LogP contribution in [0.5, 0.6) is 0 Å². The van der Waals surface area contributed by atoms with Crippen LogP contribution in [0, 0.1) is 0 Å². The first kappa shape index (κ1) is 10.1. The molecule has 1 N–H and O–H groups in total. The van der Waals surface area contributed by atoms with Crippen LogP contribution in [0.15, 0.2) is 0 Å².